The minimum atomic E-state index is -1.08. The van der Waals surface area contributed by atoms with E-state index < -0.39 is 11.5 Å². The summed E-state index contributed by atoms with van der Waals surface area (Å²) in [5.74, 6) is -0.197. The summed E-state index contributed by atoms with van der Waals surface area (Å²) in [5, 5.41) is 8.60. The van der Waals surface area contributed by atoms with Crippen molar-refractivity contribution in [1.29, 1.82) is 0 Å². The van der Waals surface area contributed by atoms with Crippen molar-refractivity contribution in [3.05, 3.63) is 0 Å². The quantitative estimate of drug-likeness (QED) is 0.448. The topological polar surface area (TPSA) is 101 Å². The molecule has 1 saturated heterocycles. The van der Waals surface area contributed by atoms with Crippen LogP contribution in [0.25, 0.3) is 0 Å². The molecule has 1 heterocycles. The fraction of sp³-hybridized carbons (Fsp3) is 0.889. The lowest BCUT2D eigenvalue weighted by Crippen LogP contribution is -2.78. The third-order valence-electron chi connectivity index (χ3n) is 6.28. The van der Waals surface area contributed by atoms with E-state index in [2.05, 4.69) is 21.4 Å². The maximum atomic E-state index is 13.6. The van der Waals surface area contributed by atoms with E-state index in [4.69, 9.17) is 21.2 Å². The third-order valence-corrected chi connectivity index (χ3v) is 6.77. The molecule has 158 valence electrons. The summed E-state index contributed by atoms with van der Waals surface area (Å²) in [6.07, 6.45) is 1.89. The molecule has 4 N–H and O–H groups in total. The van der Waals surface area contributed by atoms with Gasteiger partial charge in [-0.3, -0.25) is 19.7 Å². The first kappa shape index (κ1) is 20.3. The van der Waals surface area contributed by atoms with Crippen molar-refractivity contribution in [3.63, 3.8) is 0 Å². The molecule has 1 aliphatic heterocycles. The molecule has 28 heavy (non-hydrogen) atoms. The van der Waals surface area contributed by atoms with Crippen molar-refractivity contribution in [2.45, 2.75) is 81.0 Å². The summed E-state index contributed by atoms with van der Waals surface area (Å²) in [6.45, 7) is 2.24. The molecule has 4 aliphatic carbocycles. The van der Waals surface area contributed by atoms with Crippen molar-refractivity contribution >= 4 is 23.4 Å². The zero-order valence-electron chi connectivity index (χ0n) is 15.9. The number of rotatable bonds is 7. The molecule has 0 aromatic rings. The van der Waals surface area contributed by atoms with Gasteiger partial charge in [0.05, 0.1) is 29.6 Å². The Morgan fingerprint density at radius 3 is 2.71 bits per heavy atom. The number of hydroxylamine groups is 1. The van der Waals surface area contributed by atoms with E-state index in [1.54, 1.807) is 0 Å². The van der Waals surface area contributed by atoms with Crippen molar-refractivity contribution in [2.24, 2.45) is 5.41 Å². The van der Waals surface area contributed by atoms with Crippen LogP contribution in [0, 0.1) is 5.41 Å². The minimum Gasteiger partial charge on any atom is -0.368 e. The molecule has 0 aromatic heterocycles. The summed E-state index contributed by atoms with van der Waals surface area (Å²) >= 11 is 5.86. The minimum absolute atomic E-state index is 0.0108. The van der Waals surface area contributed by atoms with E-state index in [-0.39, 0.29) is 54.3 Å². The molecule has 2 bridgehead atoms. The van der Waals surface area contributed by atoms with Gasteiger partial charge in [-0.2, -0.15) is 5.48 Å². The molecule has 5 aliphatic rings. The number of nitrogens with one attached hydrogen (secondary N) is 4. The van der Waals surface area contributed by atoms with Gasteiger partial charge in [-0.05, 0) is 39.0 Å². The molecule has 8 nitrogen and oxygen atoms in total. The van der Waals surface area contributed by atoms with E-state index in [1.807, 2.05) is 6.92 Å². The van der Waals surface area contributed by atoms with Crippen LogP contribution in [-0.4, -0.2) is 60.6 Å². The molecule has 0 radical (unpaired) electrons. The van der Waals surface area contributed by atoms with E-state index >= 15 is 0 Å². The number of halogens is 2. The van der Waals surface area contributed by atoms with Gasteiger partial charge in [0.25, 0.3) is 0 Å². The number of hydrogen-bond donors (Lipinski definition) is 4. The highest BCUT2D eigenvalue weighted by Gasteiger charge is 2.72. The molecule has 10 heteroatoms. The normalized spacial score (nSPS) is 44.3. The first-order chi connectivity index (χ1) is 13.3. The van der Waals surface area contributed by atoms with Crippen molar-refractivity contribution < 1.29 is 23.6 Å². The highest BCUT2D eigenvalue weighted by molar-refractivity contribution is 6.21. The average Bonchev–Trinajstić information content (AvgIpc) is 3.01. The Morgan fingerprint density at radius 1 is 1.32 bits per heavy atom. The number of ether oxygens (including phenoxy) is 1. The van der Waals surface area contributed by atoms with Gasteiger partial charge in [0.15, 0.2) is 0 Å². The van der Waals surface area contributed by atoms with E-state index in [1.165, 1.54) is 0 Å². The molecular weight excluding hydrogens is 391 g/mol. The summed E-state index contributed by atoms with van der Waals surface area (Å²) in [5.41, 5.74) is 2.13. The van der Waals surface area contributed by atoms with E-state index in [9.17, 15) is 14.0 Å². The SMILES string of the molecule is CC1NOC(CNC(=O)C23CC(NC(=O)COC4CCC(Cl)C(F)C4)(C2)C3)N1. The van der Waals surface area contributed by atoms with Crippen LogP contribution < -0.4 is 21.4 Å². The number of carbonyl (C=O) groups excluding carboxylic acids is 2. The van der Waals surface area contributed by atoms with Gasteiger partial charge in [-0.25, -0.2) is 4.39 Å². The highest BCUT2D eigenvalue weighted by atomic mass is 35.5. The second-order valence-corrected chi connectivity index (χ2v) is 9.30. The lowest BCUT2D eigenvalue weighted by Gasteiger charge is -2.69. The van der Waals surface area contributed by atoms with Gasteiger partial charge in [-0.1, -0.05) is 0 Å². The van der Waals surface area contributed by atoms with Gasteiger partial charge in [0, 0.05) is 12.0 Å². The zero-order valence-corrected chi connectivity index (χ0v) is 16.7. The predicted octanol–water partition coefficient (Wildman–Crippen LogP) is 0.453. The highest BCUT2D eigenvalue weighted by Crippen LogP contribution is 2.67. The smallest absolute Gasteiger partial charge is 0.246 e. The largest absolute Gasteiger partial charge is 0.368 e. The third kappa shape index (κ3) is 4.00. The molecule has 5 atom stereocenters. The van der Waals surface area contributed by atoms with Gasteiger partial charge < -0.3 is 15.4 Å². The summed E-state index contributed by atoms with van der Waals surface area (Å²) in [4.78, 5) is 29.9. The van der Waals surface area contributed by atoms with Crippen LogP contribution in [-0.2, 0) is 19.2 Å². The Bertz CT molecular complexity index is 619. The Kier molecular flexibility index (Phi) is 5.56. The van der Waals surface area contributed by atoms with Crippen LogP contribution in [0.15, 0.2) is 0 Å². The lowest BCUT2D eigenvalue weighted by molar-refractivity contribution is -0.185. The van der Waals surface area contributed by atoms with Gasteiger partial charge in [-0.15, -0.1) is 11.6 Å². The fourth-order valence-corrected chi connectivity index (χ4v) is 5.11. The van der Waals surface area contributed by atoms with Crippen molar-refractivity contribution in [1.82, 2.24) is 21.4 Å². The molecule has 5 fully saturated rings. The van der Waals surface area contributed by atoms with Crippen LogP contribution in [0.4, 0.5) is 4.39 Å². The second kappa shape index (κ2) is 7.68. The average molecular weight is 419 g/mol. The van der Waals surface area contributed by atoms with Crippen LogP contribution in [0.5, 0.6) is 0 Å². The molecular formula is C18H28ClFN4O4. The standard InChI is InChI=1S/C18H28ClFN4O4/c1-10-22-15(28-24-10)5-21-16(26)17-7-18(8-17,9-17)23-14(25)6-27-11-2-3-12(19)13(20)4-11/h10-13,15,22,24H,2-9H2,1H3,(H,21,26)(H,23,25). The fourth-order valence-electron chi connectivity index (χ4n) is 4.89. The predicted molar refractivity (Wildman–Crippen MR) is 98.9 cm³/mol. The number of alkyl halides is 2. The zero-order chi connectivity index (χ0) is 19.9. The van der Waals surface area contributed by atoms with Gasteiger partial charge in [0.2, 0.25) is 11.8 Å². The Labute approximate surface area is 168 Å². The van der Waals surface area contributed by atoms with Crippen molar-refractivity contribution in [3.8, 4) is 0 Å². The molecule has 2 amide bonds. The van der Waals surface area contributed by atoms with Crippen LogP contribution in [0.3, 0.4) is 0 Å². The van der Waals surface area contributed by atoms with Crippen LogP contribution >= 0.6 is 11.6 Å². The number of amides is 2. The summed E-state index contributed by atoms with van der Waals surface area (Å²) in [7, 11) is 0. The van der Waals surface area contributed by atoms with E-state index in [0.717, 1.165) is 0 Å². The second-order valence-electron chi connectivity index (χ2n) is 8.74. The molecule has 5 rings (SSSR count). The van der Waals surface area contributed by atoms with E-state index in [0.29, 0.717) is 38.6 Å². The Balaban J connectivity index is 1.13. The monoisotopic (exact) mass is 418 g/mol. The maximum absolute atomic E-state index is 13.6. The molecule has 5 unspecified atom stereocenters. The maximum Gasteiger partial charge on any atom is 0.246 e. The van der Waals surface area contributed by atoms with Gasteiger partial charge >= 0.3 is 0 Å². The number of hydrogen-bond acceptors (Lipinski definition) is 6. The first-order valence-electron chi connectivity index (χ1n) is 9.96. The molecule has 4 saturated carbocycles. The van der Waals surface area contributed by atoms with Crippen LogP contribution in [0.2, 0.25) is 0 Å². The Morgan fingerprint density at radius 2 is 2.07 bits per heavy atom. The molecule has 0 spiro atoms. The number of carbonyl (C=O) groups is 2. The Hall–Kier alpha value is -1.00. The lowest BCUT2D eigenvalue weighted by atomic mass is 9.39. The van der Waals surface area contributed by atoms with Crippen LogP contribution in [0.1, 0.15) is 45.4 Å². The summed E-state index contributed by atoms with van der Waals surface area (Å²) in [6, 6.07) is 0. The van der Waals surface area contributed by atoms with Crippen molar-refractivity contribution in [2.75, 3.05) is 13.2 Å². The van der Waals surface area contributed by atoms with Gasteiger partial charge in [0.1, 0.15) is 19.0 Å². The first-order valence-corrected chi connectivity index (χ1v) is 10.4. The molecule has 0 aromatic carbocycles. The summed E-state index contributed by atoms with van der Waals surface area (Å²) < 4.78 is 19.2.